The molecule has 2 bridgehead atoms. The van der Waals surface area contributed by atoms with Crippen LogP contribution in [0.5, 0.6) is 0 Å². The number of fused-ring (bicyclic) bond motifs is 2. The van der Waals surface area contributed by atoms with E-state index in [1.807, 2.05) is 42.5 Å². The highest BCUT2D eigenvalue weighted by atomic mass is 16.2. The first-order chi connectivity index (χ1) is 21.1. The topological polar surface area (TPSA) is 79.3 Å². The fourth-order valence-corrected chi connectivity index (χ4v) is 7.66. The van der Waals surface area contributed by atoms with Crippen LogP contribution in [0, 0.1) is 18.8 Å². The zero-order chi connectivity index (χ0) is 30.8. The summed E-state index contributed by atoms with van der Waals surface area (Å²) in [6.45, 7) is 8.42. The monoisotopic (exact) mass is 595 g/mol. The van der Waals surface area contributed by atoms with Gasteiger partial charge in [0.1, 0.15) is 5.82 Å². The summed E-state index contributed by atoms with van der Waals surface area (Å²) in [5.74, 6) is 1.90. The summed E-state index contributed by atoms with van der Waals surface area (Å²) in [5.41, 5.74) is 4.84. The second kappa shape index (κ2) is 12.8. The second-order valence-electron chi connectivity index (χ2n) is 14.6. The van der Waals surface area contributed by atoms with Crippen molar-refractivity contribution >= 4 is 23.4 Å². The molecular formula is C37H49N5O2. The van der Waals surface area contributed by atoms with E-state index in [9.17, 15) is 9.59 Å². The average Bonchev–Trinajstić information content (AvgIpc) is 3.38. The number of nitrogens with one attached hydrogen (secondary N) is 2. The van der Waals surface area contributed by atoms with Crippen LogP contribution in [0.25, 0.3) is 5.69 Å². The molecule has 3 aliphatic rings. The molecule has 3 heterocycles. The van der Waals surface area contributed by atoms with Crippen LogP contribution in [0.4, 0.5) is 16.3 Å². The minimum Gasteiger partial charge on any atom is -0.336 e. The summed E-state index contributed by atoms with van der Waals surface area (Å²) in [7, 11) is 0. The van der Waals surface area contributed by atoms with E-state index in [2.05, 4.69) is 55.4 Å². The van der Waals surface area contributed by atoms with E-state index in [1.165, 1.54) is 36.8 Å². The van der Waals surface area contributed by atoms with Gasteiger partial charge in [0.05, 0.1) is 11.4 Å². The molecule has 3 amide bonds. The molecule has 0 radical (unpaired) electrons. The number of carbonyl (C=O) groups is 2. The average molecular weight is 596 g/mol. The Kier molecular flexibility index (Phi) is 8.84. The molecule has 1 aliphatic carbocycles. The molecule has 2 atom stereocenters. The van der Waals surface area contributed by atoms with Gasteiger partial charge in [-0.3, -0.25) is 10.1 Å². The molecule has 2 aromatic carbocycles. The third-order valence-corrected chi connectivity index (χ3v) is 10.00. The van der Waals surface area contributed by atoms with E-state index in [0.29, 0.717) is 29.7 Å². The van der Waals surface area contributed by atoms with E-state index in [-0.39, 0.29) is 17.4 Å². The molecule has 0 spiro atoms. The fraction of sp³-hybridized carbons (Fsp3) is 0.541. The van der Waals surface area contributed by atoms with Gasteiger partial charge in [0.2, 0.25) is 5.91 Å². The molecule has 2 aliphatic heterocycles. The van der Waals surface area contributed by atoms with E-state index < -0.39 is 0 Å². The van der Waals surface area contributed by atoms with Crippen molar-refractivity contribution in [3.63, 3.8) is 0 Å². The lowest BCUT2D eigenvalue weighted by Gasteiger charge is -2.41. The van der Waals surface area contributed by atoms with E-state index in [0.717, 1.165) is 62.0 Å². The SMILES string of the molecule is Cc1ccc(-n2nc(C(C)(C)C)cc2NC(=O)Nc2cccc(CC3CC4CCC(C3)N4C(=O)C3CCCCCC3)c2)cc1. The fourth-order valence-electron chi connectivity index (χ4n) is 7.66. The molecule has 7 heteroatoms. The summed E-state index contributed by atoms with van der Waals surface area (Å²) < 4.78 is 1.80. The summed E-state index contributed by atoms with van der Waals surface area (Å²) in [6, 6.07) is 18.8. The number of rotatable bonds is 6. The van der Waals surface area contributed by atoms with Gasteiger partial charge in [-0.25, -0.2) is 9.48 Å². The Morgan fingerprint density at radius 3 is 2.20 bits per heavy atom. The molecule has 44 heavy (non-hydrogen) atoms. The Morgan fingerprint density at radius 2 is 1.55 bits per heavy atom. The lowest BCUT2D eigenvalue weighted by atomic mass is 9.84. The van der Waals surface area contributed by atoms with Gasteiger partial charge in [-0.05, 0) is 87.6 Å². The van der Waals surface area contributed by atoms with Crippen molar-refractivity contribution in [2.24, 2.45) is 11.8 Å². The highest BCUT2D eigenvalue weighted by Crippen LogP contribution is 2.42. The third kappa shape index (κ3) is 6.87. The molecule has 1 saturated carbocycles. The number of hydrogen-bond donors (Lipinski definition) is 2. The van der Waals surface area contributed by atoms with Gasteiger partial charge < -0.3 is 10.2 Å². The lowest BCUT2D eigenvalue weighted by molar-refractivity contribution is -0.141. The molecule has 1 aromatic heterocycles. The standard InChI is InChI=1S/C37H49N5O2/c1-25-14-16-30(17-15-25)42-34(24-33(40-42)37(2,3)4)39-36(44)38-29-13-9-10-26(21-29)20-27-22-31-18-19-32(23-27)41(31)35(43)28-11-7-5-6-8-12-28/h9-10,13-17,21,24,27-28,31-32H,5-8,11-12,18-20,22-23H2,1-4H3,(H2,38,39,44). The van der Waals surface area contributed by atoms with Crippen LogP contribution >= 0.6 is 0 Å². The number of benzene rings is 2. The Morgan fingerprint density at radius 1 is 0.864 bits per heavy atom. The van der Waals surface area contributed by atoms with Crippen LogP contribution in [0.2, 0.25) is 0 Å². The highest BCUT2D eigenvalue weighted by Gasteiger charge is 2.44. The van der Waals surface area contributed by atoms with Crippen molar-refractivity contribution in [2.75, 3.05) is 10.6 Å². The molecule has 2 saturated heterocycles. The molecule has 2 N–H and O–H groups in total. The van der Waals surface area contributed by atoms with Crippen molar-refractivity contribution in [3.8, 4) is 5.69 Å². The van der Waals surface area contributed by atoms with Crippen LogP contribution in [0.15, 0.2) is 54.6 Å². The summed E-state index contributed by atoms with van der Waals surface area (Å²) in [6.07, 6.45) is 12.6. The second-order valence-corrected chi connectivity index (χ2v) is 14.6. The van der Waals surface area contributed by atoms with Gasteiger partial charge in [0.25, 0.3) is 0 Å². The molecule has 2 unspecified atom stereocenters. The predicted molar refractivity (Wildman–Crippen MR) is 177 cm³/mol. The normalized spacial score (nSPS) is 22.5. The third-order valence-electron chi connectivity index (χ3n) is 10.00. The number of carbonyl (C=O) groups excluding carboxylic acids is 2. The van der Waals surface area contributed by atoms with Crippen LogP contribution < -0.4 is 10.6 Å². The quantitative estimate of drug-likeness (QED) is 0.281. The van der Waals surface area contributed by atoms with E-state index in [1.54, 1.807) is 4.68 Å². The number of piperidine rings is 1. The van der Waals surface area contributed by atoms with Crippen LogP contribution in [0.3, 0.4) is 0 Å². The molecule has 3 aromatic rings. The maximum Gasteiger partial charge on any atom is 0.324 e. The molecule has 6 rings (SSSR count). The Balaban J connectivity index is 1.09. The first kappa shape index (κ1) is 30.4. The molecule has 7 nitrogen and oxygen atoms in total. The highest BCUT2D eigenvalue weighted by molar-refractivity contribution is 5.99. The number of amides is 3. The zero-order valence-corrected chi connectivity index (χ0v) is 26.9. The van der Waals surface area contributed by atoms with Gasteiger partial charge in [0, 0.05) is 35.2 Å². The van der Waals surface area contributed by atoms with Crippen molar-refractivity contribution in [3.05, 3.63) is 71.4 Å². The number of hydrogen-bond acceptors (Lipinski definition) is 3. The number of aromatic nitrogens is 2. The zero-order valence-electron chi connectivity index (χ0n) is 26.9. The van der Waals surface area contributed by atoms with Crippen molar-refractivity contribution in [2.45, 2.75) is 116 Å². The van der Waals surface area contributed by atoms with E-state index >= 15 is 0 Å². The first-order valence-electron chi connectivity index (χ1n) is 16.8. The largest absolute Gasteiger partial charge is 0.336 e. The summed E-state index contributed by atoms with van der Waals surface area (Å²) >= 11 is 0. The summed E-state index contributed by atoms with van der Waals surface area (Å²) in [4.78, 5) is 29.1. The van der Waals surface area contributed by atoms with Gasteiger partial charge >= 0.3 is 6.03 Å². The molecule has 3 fully saturated rings. The summed E-state index contributed by atoms with van der Waals surface area (Å²) in [5, 5.41) is 10.9. The number of aryl methyl sites for hydroxylation is 1. The number of anilines is 2. The van der Waals surface area contributed by atoms with Gasteiger partial charge in [-0.2, -0.15) is 5.10 Å². The minimum absolute atomic E-state index is 0.157. The van der Waals surface area contributed by atoms with E-state index in [4.69, 9.17) is 5.10 Å². The Hall–Kier alpha value is -3.61. The van der Waals surface area contributed by atoms with Gasteiger partial charge in [-0.15, -0.1) is 0 Å². The number of nitrogens with zero attached hydrogens (tertiary/aromatic N) is 3. The maximum absolute atomic E-state index is 13.5. The smallest absolute Gasteiger partial charge is 0.324 e. The van der Waals surface area contributed by atoms with Crippen LogP contribution in [-0.2, 0) is 16.6 Å². The predicted octanol–water partition coefficient (Wildman–Crippen LogP) is 8.40. The van der Waals surface area contributed by atoms with Gasteiger partial charge in [-0.1, -0.05) is 76.3 Å². The van der Waals surface area contributed by atoms with Gasteiger partial charge in [0.15, 0.2) is 0 Å². The van der Waals surface area contributed by atoms with Crippen LogP contribution in [0.1, 0.15) is 102 Å². The van der Waals surface area contributed by atoms with Crippen molar-refractivity contribution < 1.29 is 9.59 Å². The maximum atomic E-state index is 13.5. The minimum atomic E-state index is -0.292. The van der Waals surface area contributed by atoms with Crippen molar-refractivity contribution in [1.82, 2.24) is 14.7 Å². The van der Waals surface area contributed by atoms with Crippen LogP contribution in [-0.4, -0.2) is 38.7 Å². The van der Waals surface area contributed by atoms with Crippen molar-refractivity contribution in [1.29, 1.82) is 0 Å². The lowest BCUT2D eigenvalue weighted by Crippen LogP contribution is -2.49. The Bertz CT molecular complexity index is 1450. The number of urea groups is 1. The Labute approximate surface area is 262 Å². The molecule has 234 valence electrons. The molecular weight excluding hydrogens is 546 g/mol. The first-order valence-corrected chi connectivity index (χ1v) is 16.8.